The number of carbonyl (C=O) groups is 1. The average molecular weight is 388 g/mol. The Hall–Kier alpha value is -0.880. The Morgan fingerprint density at radius 3 is 2.35 bits per heavy atom. The molecule has 0 aliphatic rings. The number of aryl methyl sites for hydroxylation is 1. The number of nitrogens with zero attached hydrogens (tertiary/aromatic N) is 2. The molecule has 2 N–H and O–H groups in total. The first-order valence-electron chi connectivity index (χ1n) is 8.23. The molecule has 1 heterocycles. The molecule has 1 aromatic heterocycles. The second-order valence-corrected chi connectivity index (χ2v) is 8.48. The highest BCUT2D eigenvalue weighted by atomic mass is 79.9. The van der Waals surface area contributed by atoms with E-state index in [0.29, 0.717) is 5.69 Å². The number of aliphatic hydroxyl groups excluding tert-OH is 1. The quantitative estimate of drug-likeness (QED) is 0.701. The summed E-state index contributed by atoms with van der Waals surface area (Å²) in [5.74, 6) is -0.268. The van der Waals surface area contributed by atoms with Gasteiger partial charge in [-0.05, 0) is 36.2 Å². The monoisotopic (exact) mass is 387 g/mol. The number of aromatic nitrogens is 2. The summed E-state index contributed by atoms with van der Waals surface area (Å²) in [6, 6.07) is 0. The number of amides is 1. The van der Waals surface area contributed by atoms with Crippen LogP contribution in [-0.4, -0.2) is 32.9 Å². The molecule has 0 saturated heterocycles. The van der Waals surface area contributed by atoms with Crippen LogP contribution in [-0.2, 0) is 12.0 Å². The standard InChI is InChI=1S/C17H30BrN3O2/c1-7-8-9-10-21-14(16(2,3)4)12(18)13(20-21)15(23)19-17(5,6)11-22/h22H,7-11H2,1-6H3,(H,19,23). The minimum atomic E-state index is -0.676. The second-order valence-electron chi connectivity index (χ2n) is 7.69. The van der Waals surface area contributed by atoms with Gasteiger partial charge in [-0.25, -0.2) is 0 Å². The number of nitrogens with one attached hydrogen (secondary N) is 1. The molecule has 1 rings (SSSR count). The minimum Gasteiger partial charge on any atom is -0.394 e. The lowest BCUT2D eigenvalue weighted by Crippen LogP contribution is -2.46. The molecule has 0 spiro atoms. The van der Waals surface area contributed by atoms with E-state index in [1.807, 2.05) is 4.68 Å². The summed E-state index contributed by atoms with van der Waals surface area (Å²) in [5.41, 5.74) is 0.613. The Bertz CT molecular complexity index is 545. The lowest BCUT2D eigenvalue weighted by Gasteiger charge is -2.23. The van der Waals surface area contributed by atoms with Crippen molar-refractivity contribution >= 4 is 21.8 Å². The summed E-state index contributed by atoms with van der Waals surface area (Å²) in [5, 5.41) is 16.7. The highest BCUT2D eigenvalue weighted by Gasteiger charge is 2.30. The summed E-state index contributed by atoms with van der Waals surface area (Å²) < 4.78 is 2.69. The van der Waals surface area contributed by atoms with Crippen LogP contribution in [0.1, 0.15) is 77.0 Å². The van der Waals surface area contributed by atoms with Crippen LogP contribution in [0.3, 0.4) is 0 Å². The predicted molar refractivity (Wildman–Crippen MR) is 96.8 cm³/mol. The highest BCUT2D eigenvalue weighted by Crippen LogP contribution is 2.32. The molecule has 5 nitrogen and oxygen atoms in total. The van der Waals surface area contributed by atoms with E-state index in [2.05, 4.69) is 54.0 Å². The molecule has 6 heteroatoms. The van der Waals surface area contributed by atoms with Gasteiger partial charge < -0.3 is 10.4 Å². The third kappa shape index (κ3) is 5.31. The fraction of sp³-hybridized carbons (Fsp3) is 0.765. The van der Waals surface area contributed by atoms with E-state index in [0.717, 1.165) is 36.0 Å². The number of hydrogen-bond donors (Lipinski definition) is 2. The maximum atomic E-state index is 12.5. The molecule has 1 amide bonds. The van der Waals surface area contributed by atoms with Gasteiger partial charge in [0.05, 0.1) is 22.3 Å². The predicted octanol–water partition coefficient (Wildman–Crippen LogP) is 3.63. The Morgan fingerprint density at radius 2 is 1.87 bits per heavy atom. The zero-order chi connectivity index (χ0) is 17.8. The zero-order valence-electron chi connectivity index (χ0n) is 15.2. The molecule has 0 aliphatic heterocycles. The largest absolute Gasteiger partial charge is 0.394 e. The van der Waals surface area contributed by atoms with Crippen molar-refractivity contribution in [3.05, 3.63) is 15.9 Å². The van der Waals surface area contributed by atoms with Crippen LogP contribution < -0.4 is 5.32 Å². The average Bonchev–Trinajstić information content (AvgIpc) is 2.75. The number of aliphatic hydroxyl groups is 1. The molecule has 0 aliphatic carbocycles. The molecule has 0 saturated carbocycles. The van der Waals surface area contributed by atoms with E-state index >= 15 is 0 Å². The van der Waals surface area contributed by atoms with Crippen LogP contribution in [0.5, 0.6) is 0 Å². The number of rotatable bonds is 7. The van der Waals surface area contributed by atoms with Crippen molar-refractivity contribution in [3.8, 4) is 0 Å². The topological polar surface area (TPSA) is 67.2 Å². The minimum absolute atomic E-state index is 0.122. The first-order chi connectivity index (χ1) is 10.5. The van der Waals surface area contributed by atoms with Gasteiger partial charge in [-0.15, -0.1) is 0 Å². The fourth-order valence-corrected chi connectivity index (χ4v) is 3.44. The lowest BCUT2D eigenvalue weighted by atomic mass is 9.91. The second kappa shape index (κ2) is 7.79. The summed E-state index contributed by atoms with van der Waals surface area (Å²) in [6.45, 7) is 12.7. The van der Waals surface area contributed by atoms with Crippen molar-refractivity contribution in [3.63, 3.8) is 0 Å². The van der Waals surface area contributed by atoms with Crippen LogP contribution in [0, 0.1) is 0 Å². The molecular formula is C17H30BrN3O2. The number of unbranched alkanes of at least 4 members (excludes halogenated alkanes) is 2. The van der Waals surface area contributed by atoms with Gasteiger partial charge in [0, 0.05) is 12.0 Å². The number of hydrogen-bond acceptors (Lipinski definition) is 3. The molecule has 132 valence electrons. The maximum absolute atomic E-state index is 12.5. The molecule has 1 aromatic rings. The van der Waals surface area contributed by atoms with Gasteiger partial charge in [0.2, 0.25) is 0 Å². The normalized spacial score (nSPS) is 12.5. The van der Waals surface area contributed by atoms with Gasteiger partial charge >= 0.3 is 0 Å². The van der Waals surface area contributed by atoms with Gasteiger partial charge in [0.1, 0.15) is 0 Å². The molecular weight excluding hydrogens is 358 g/mol. The lowest BCUT2D eigenvalue weighted by molar-refractivity contribution is 0.0862. The molecule has 0 bridgehead atoms. The molecule has 0 fully saturated rings. The Kier molecular flexibility index (Phi) is 6.83. The first kappa shape index (κ1) is 20.2. The SMILES string of the molecule is CCCCCn1nc(C(=O)NC(C)(C)CO)c(Br)c1C(C)(C)C. The van der Waals surface area contributed by atoms with Crippen molar-refractivity contribution in [2.24, 2.45) is 0 Å². The fourth-order valence-electron chi connectivity index (χ4n) is 2.38. The molecule has 0 atom stereocenters. The Morgan fingerprint density at radius 1 is 1.26 bits per heavy atom. The Balaban J connectivity index is 3.17. The Labute approximate surface area is 148 Å². The van der Waals surface area contributed by atoms with Crippen molar-refractivity contribution in [2.45, 2.75) is 78.3 Å². The molecule has 0 unspecified atom stereocenters. The molecule has 0 radical (unpaired) electrons. The smallest absolute Gasteiger partial charge is 0.273 e. The summed E-state index contributed by atoms with van der Waals surface area (Å²) in [7, 11) is 0. The third-order valence-corrected chi connectivity index (χ3v) is 4.39. The van der Waals surface area contributed by atoms with E-state index in [9.17, 15) is 9.90 Å². The van der Waals surface area contributed by atoms with Gasteiger partial charge in [-0.3, -0.25) is 9.48 Å². The van der Waals surface area contributed by atoms with E-state index in [1.54, 1.807) is 13.8 Å². The summed E-state index contributed by atoms with van der Waals surface area (Å²) >= 11 is 3.57. The van der Waals surface area contributed by atoms with Gasteiger partial charge in [0.25, 0.3) is 5.91 Å². The van der Waals surface area contributed by atoms with Crippen molar-refractivity contribution in [1.29, 1.82) is 0 Å². The maximum Gasteiger partial charge on any atom is 0.273 e. The van der Waals surface area contributed by atoms with Crippen LogP contribution in [0.4, 0.5) is 0 Å². The summed E-state index contributed by atoms with van der Waals surface area (Å²) in [6.07, 6.45) is 3.32. The molecule has 0 aromatic carbocycles. The van der Waals surface area contributed by atoms with E-state index < -0.39 is 5.54 Å². The van der Waals surface area contributed by atoms with Crippen LogP contribution in [0.2, 0.25) is 0 Å². The first-order valence-corrected chi connectivity index (χ1v) is 9.03. The molecule has 23 heavy (non-hydrogen) atoms. The van der Waals surface area contributed by atoms with E-state index in [1.165, 1.54) is 0 Å². The third-order valence-electron chi connectivity index (χ3n) is 3.64. The summed E-state index contributed by atoms with van der Waals surface area (Å²) in [4.78, 5) is 12.5. The van der Waals surface area contributed by atoms with Crippen LogP contribution in [0.25, 0.3) is 0 Å². The van der Waals surface area contributed by atoms with Gasteiger partial charge in [0.15, 0.2) is 5.69 Å². The van der Waals surface area contributed by atoms with Crippen LogP contribution >= 0.6 is 15.9 Å². The number of halogens is 1. The van der Waals surface area contributed by atoms with Gasteiger partial charge in [-0.1, -0.05) is 40.5 Å². The van der Waals surface area contributed by atoms with Crippen molar-refractivity contribution in [1.82, 2.24) is 15.1 Å². The highest BCUT2D eigenvalue weighted by molar-refractivity contribution is 9.10. The van der Waals surface area contributed by atoms with E-state index in [4.69, 9.17) is 0 Å². The van der Waals surface area contributed by atoms with Crippen LogP contribution in [0.15, 0.2) is 4.47 Å². The zero-order valence-corrected chi connectivity index (χ0v) is 16.7. The number of carbonyl (C=O) groups excluding carboxylic acids is 1. The van der Waals surface area contributed by atoms with Crippen molar-refractivity contribution in [2.75, 3.05) is 6.61 Å². The van der Waals surface area contributed by atoms with E-state index in [-0.39, 0.29) is 17.9 Å². The van der Waals surface area contributed by atoms with Gasteiger partial charge in [-0.2, -0.15) is 5.10 Å². The van der Waals surface area contributed by atoms with Crippen molar-refractivity contribution < 1.29 is 9.90 Å².